The van der Waals surface area contributed by atoms with Crippen LogP contribution >= 0.6 is 11.8 Å². The van der Waals surface area contributed by atoms with Gasteiger partial charge in [0.2, 0.25) is 5.91 Å². The lowest BCUT2D eigenvalue weighted by Gasteiger charge is -2.32. The number of nitrogens with zero attached hydrogens (tertiary/aromatic N) is 1. The number of hydrogen-bond acceptors (Lipinski definition) is 3. The molecule has 4 nitrogen and oxygen atoms in total. The first-order valence-corrected chi connectivity index (χ1v) is 11.5. The quantitative estimate of drug-likeness (QED) is 0.725. The van der Waals surface area contributed by atoms with Crippen molar-refractivity contribution in [3.05, 3.63) is 64.7 Å². The summed E-state index contributed by atoms with van der Waals surface area (Å²) in [5, 5.41) is 3.06. The van der Waals surface area contributed by atoms with Gasteiger partial charge in [0.1, 0.15) is 0 Å². The predicted octanol–water partition coefficient (Wildman–Crippen LogP) is 4.24. The smallest absolute Gasteiger partial charge is 0.253 e. The summed E-state index contributed by atoms with van der Waals surface area (Å²) in [6, 6.07) is 14.4. The molecule has 1 N–H and O–H groups in total. The summed E-state index contributed by atoms with van der Waals surface area (Å²) < 4.78 is 0. The lowest BCUT2D eigenvalue weighted by atomic mass is 9.96. The third-order valence-corrected chi connectivity index (χ3v) is 6.16. The second kappa shape index (κ2) is 9.97. The maximum Gasteiger partial charge on any atom is 0.253 e. The van der Waals surface area contributed by atoms with E-state index in [4.69, 9.17) is 0 Å². The molecule has 0 saturated carbocycles. The summed E-state index contributed by atoms with van der Waals surface area (Å²) in [7, 11) is 0. The van der Waals surface area contributed by atoms with Crippen LogP contribution in [0, 0.1) is 19.8 Å². The molecule has 1 atom stereocenters. The number of aryl methyl sites for hydroxylation is 2. The monoisotopic (exact) mass is 410 g/mol. The zero-order valence-electron chi connectivity index (χ0n) is 17.5. The highest BCUT2D eigenvalue weighted by Crippen LogP contribution is 2.20. The zero-order valence-corrected chi connectivity index (χ0v) is 18.3. The van der Waals surface area contributed by atoms with Crippen molar-refractivity contribution in [2.75, 3.05) is 25.9 Å². The van der Waals surface area contributed by atoms with Crippen LogP contribution in [0.5, 0.6) is 0 Å². The maximum absolute atomic E-state index is 12.9. The molecule has 1 aliphatic heterocycles. The molecule has 0 radical (unpaired) electrons. The van der Waals surface area contributed by atoms with Gasteiger partial charge in [-0.3, -0.25) is 9.59 Å². The highest BCUT2D eigenvalue weighted by Gasteiger charge is 2.28. The van der Waals surface area contributed by atoms with Gasteiger partial charge in [-0.2, -0.15) is 0 Å². The van der Waals surface area contributed by atoms with Crippen LogP contribution in [0.4, 0.5) is 0 Å². The van der Waals surface area contributed by atoms with Crippen LogP contribution in [0.15, 0.2) is 47.4 Å². The molecular formula is C24H30N2O2S. The van der Waals surface area contributed by atoms with Gasteiger partial charge in [0, 0.05) is 30.1 Å². The van der Waals surface area contributed by atoms with E-state index in [0.29, 0.717) is 13.1 Å². The Labute approximate surface area is 178 Å². The van der Waals surface area contributed by atoms with E-state index >= 15 is 0 Å². The first-order chi connectivity index (χ1) is 14.0. The van der Waals surface area contributed by atoms with Crippen LogP contribution in [0.1, 0.15) is 39.9 Å². The summed E-state index contributed by atoms with van der Waals surface area (Å²) >= 11 is 1.73. The van der Waals surface area contributed by atoms with Crippen LogP contribution in [0.2, 0.25) is 0 Å². The molecule has 0 aliphatic carbocycles. The Bertz CT molecular complexity index is 843. The number of amides is 2. The highest BCUT2D eigenvalue weighted by molar-refractivity contribution is 7.98. The molecule has 1 heterocycles. The van der Waals surface area contributed by atoms with Crippen molar-refractivity contribution >= 4 is 23.6 Å². The fourth-order valence-corrected chi connectivity index (χ4v) is 4.33. The molecule has 1 saturated heterocycles. The van der Waals surface area contributed by atoms with E-state index in [2.05, 4.69) is 41.9 Å². The minimum Gasteiger partial charge on any atom is -0.355 e. The van der Waals surface area contributed by atoms with Crippen LogP contribution < -0.4 is 5.32 Å². The number of rotatable bonds is 6. The van der Waals surface area contributed by atoms with Crippen LogP contribution in [-0.2, 0) is 11.2 Å². The lowest BCUT2D eigenvalue weighted by Crippen LogP contribution is -2.45. The molecule has 3 rings (SSSR count). The van der Waals surface area contributed by atoms with E-state index in [1.54, 1.807) is 11.8 Å². The van der Waals surface area contributed by atoms with Gasteiger partial charge in [-0.25, -0.2) is 0 Å². The first kappa shape index (κ1) is 21.4. The van der Waals surface area contributed by atoms with E-state index in [9.17, 15) is 9.59 Å². The SMILES string of the molecule is CSc1ccc(CCNC(=O)[C@H]2CCCN(C(=O)c3cc(C)cc(C)c3)C2)cc1. The number of nitrogens with one attached hydrogen (secondary N) is 1. The zero-order chi connectivity index (χ0) is 20.8. The summed E-state index contributed by atoms with van der Waals surface area (Å²) in [4.78, 5) is 28.6. The van der Waals surface area contributed by atoms with Crippen LogP contribution in [-0.4, -0.2) is 42.6 Å². The average molecular weight is 411 g/mol. The normalized spacial score (nSPS) is 16.5. The van der Waals surface area contributed by atoms with Crippen LogP contribution in [0.3, 0.4) is 0 Å². The standard InChI is InChI=1S/C24H30N2O2S/c1-17-13-18(2)15-21(14-17)24(28)26-12-4-5-20(16-26)23(27)25-11-10-19-6-8-22(29-3)9-7-19/h6-9,13-15,20H,4-5,10-12,16H2,1-3H3,(H,25,27)/t20-/m0/s1. The molecule has 29 heavy (non-hydrogen) atoms. The Morgan fingerprint density at radius 3 is 2.45 bits per heavy atom. The Balaban J connectivity index is 1.52. The molecule has 2 aromatic rings. The maximum atomic E-state index is 12.9. The minimum absolute atomic E-state index is 0.0307. The summed E-state index contributed by atoms with van der Waals surface area (Å²) in [5.41, 5.74) is 4.12. The fourth-order valence-electron chi connectivity index (χ4n) is 3.92. The molecule has 0 bridgehead atoms. The van der Waals surface area contributed by atoms with E-state index < -0.39 is 0 Å². The molecule has 0 unspecified atom stereocenters. The number of carbonyl (C=O) groups excluding carboxylic acids is 2. The van der Waals surface area contributed by atoms with Crippen LogP contribution in [0.25, 0.3) is 0 Å². The van der Waals surface area contributed by atoms with Gasteiger partial charge in [0.25, 0.3) is 5.91 Å². The van der Waals surface area contributed by atoms with Crippen molar-refractivity contribution in [2.45, 2.75) is 38.0 Å². The molecule has 1 aliphatic rings. The molecule has 0 aromatic heterocycles. The predicted molar refractivity (Wildman–Crippen MR) is 119 cm³/mol. The third kappa shape index (κ3) is 5.86. The minimum atomic E-state index is -0.127. The third-order valence-electron chi connectivity index (χ3n) is 5.42. The topological polar surface area (TPSA) is 49.4 Å². The second-order valence-electron chi connectivity index (χ2n) is 7.86. The van der Waals surface area contributed by atoms with Gasteiger partial charge >= 0.3 is 0 Å². The van der Waals surface area contributed by atoms with Crippen molar-refractivity contribution in [3.63, 3.8) is 0 Å². The van der Waals surface area contributed by atoms with Gasteiger partial charge in [-0.15, -0.1) is 11.8 Å². The van der Waals surface area contributed by atoms with Crippen molar-refractivity contribution in [2.24, 2.45) is 5.92 Å². The summed E-state index contributed by atoms with van der Waals surface area (Å²) in [6.07, 6.45) is 4.58. The van der Waals surface area contributed by atoms with E-state index in [1.807, 2.05) is 30.9 Å². The number of thioether (sulfide) groups is 1. The first-order valence-electron chi connectivity index (χ1n) is 10.2. The fraction of sp³-hybridized carbons (Fsp3) is 0.417. The number of carbonyl (C=O) groups is 2. The summed E-state index contributed by atoms with van der Waals surface area (Å²) in [6.45, 7) is 5.85. The van der Waals surface area contributed by atoms with Gasteiger partial charge < -0.3 is 10.2 Å². The molecule has 1 fully saturated rings. The average Bonchev–Trinajstić information content (AvgIpc) is 2.73. The Morgan fingerprint density at radius 1 is 1.10 bits per heavy atom. The van der Waals surface area contributed by atoms with E-state index in [0.717, 1.165) is 42.5 Å². The lowest BCUT2D eigenvalue weighted by molar-refractivity contribution is -0.126. The van der Waals surface area contributed by atoms with Crippen molar-refractivity contribution in [1.82, 2.24) is 10.2 Å². The molecule has 2 aromatic carbocycles. The van der Waals surface area contributed by atoms with E-state index in [-0.39, 0.29) is 17.7 Å². The Hall–Kier alpha value is -2.27. The van der Waals surface area contributed by atoms with Crippen molar-refractivity contribution in [1.29, 1.82) is 0 Å². The van der Waals surface area contributed by atoms with Gasteiger partial charge in [-0.05, 0) is 69.2 Å². The number of benzene rings is 2. The molecular weight excluding hydrogens is 380 g/mol. The number of hydrogen-bond donors (Lipinski definition) is 1. The largest absolute Gasteiger partial charge is 0.355 e. The molecule has 5 heteroatoms. The molecule has 2 amide bonds. The Kier molecular flexibility index (Phi) is 7.37. The highest BCUT2D eigenvalue weighted by atomic mass is 32.2. The van der Waals surface area contributed by atoms with Gasteiger partial charge in [0.15, 0.2) is 0 Å². The summed E-state index contributed by atoms with van der Waals surface area (Å²) in [5.74, 6) is -0.0377. The molecule has 154 valence electrons. The Morgan fingerprint density at radius 2 is 1.79 bits per heavy atom. The van der Waals surface area contributed by atoms with E-state index in [1.165, 1.54) is 10.5 Å². The number of likely N-dealkylation sites (tertiary alicyclic amines) is 1. The van der Waals surface area contributed by atoms with Gasteiger partial charge in [0.05, 0.1) is 5.92 Å². The number of piperidine rings is 1. The van der Waals surface area contributed by atoms with Crippen molar-refractivity contribution in [3.8, 4) is 0 Å². The second-order valence-corrected chi connectivity index (χ2v) is 8.74. The molecule has 0 spiro atoms. The van der Waals surface area contributed by atoms with Crippen molar-refractivity contribution < 1.29 is 9.59 Å². The van der Waals surface area contributed by atoms with Gasteiger partial charge in [-0.1, -0.05) is 29.3 Å².